The van der Waals surface area contributed by atoms with Crippen molar-refractivity contribution < 1.29 is 17.6 Å². The standard InChI is InChI=1S/C17H11Cl2F2NOS.C17H12ClF2NOS/c1-2-22-16(15-11(20)4-3-5-12(15)21)9(8-10(18)17(22)23)13-6-7-14(19)24-13;1-2-21-15(22)9-6-10(13-7-8-14(18)23-13)17(21)16-11(19)4-3-5-12(16)20/h3-8H,2H2,1H3;3-9H,2H2,1H3. The maximum absolute atomic E-state index is 14.4. The molecule has 6 aromatic rings. The molecule has 47 heavy (non-hydrogen) atoms. The van der Waals surface area contributed by atoms with E-state index in [4.69, 9.17) is 34.8 Å². The number of benzene rings is 2. The fourth-order valence-corrected chi connectivity index (χ4v) is 7.46. The number of aromatic nitrogens is 2. The summed E-state index contributed by atoms with van der Waals surface area (Å²) in [7, 11) is 0. The van der Waals surface area contributed by atoms with E-state index >= 15 is 0 Å². The first-order valence-electron chi connectivity index (χ1n) is 14.0. The Morgan fingerprint density at radius 1 is 0.596 bits per heavy atom. The van der Waals surface area contributed by atoms with E-state index in [2.05, 4.69) is 0 Å². The van der Waals surface area contributed by atoms with Crippen LogP contribution in [0.3, 0.4) is 0 Å². The lowest BCUT2D eigenvalue weighted by Crippen LogP contribution is -2.22. The summed E-state index contributed by atoms with van der Waals surface area (Å²) in [5.41, 5.74) is 0.156. The highest BCUT2D eigenvalue weighted by Crippen LogP contribution is 2.40. The molecule has 0 N–H and O–H groups in total. The molecule has 0 fully saturated rings. The van der Waals surface area contributed by atoms with Crippen molar-refractivity contribution in [3.8, 4) is 43.4 Å². The van der Waals surface area contributed by atoms with Gasteiger partial charge in [-0.2, -0.15) is 0 Å². The number of thiophene rings is 2. The van der Waals surface area contributed by atoms with Crippen molar-refractivity contribution in [1.29, 1.82) is 0 Å². The van der Waals surface area contributed by atoms with Crippen molar-refractivity contribution >= 4 is 57.5 Å². The highest BCUT2D eigenvalue weighted by Gasteiger charge is 2.23. The molecule has 4 aromatic heterocycles. The summed E-state index contributed by atoms with van der Waals surface area (Å²) in [4.78, 5) is 25.9. The van der Waals surface area contributed by atoms with Crippen molar-refractivity contribution in [2.75, 3.05) is 0 Å². The lowest BCUT2D eigenvalue weighted by molar-refractivity contribution is 0.583. The fourth-order valence-electron chi connectivity index (χ4n) is 5.12. The predicted octanol–water partition coefficient (Wildman–Crippen LogP) is 11.0. The normalized spacial score (nSPS) is 11.0. The Hall–Kier alpha value is -3.67. The Bertz CT molecular complexity index is 2190. The Kier molecular flexibility index (Phi) is 10.8. The minimum atomic E-state index is -0.747. The second-order valence-corrected chi connectivity index (χ2v) is 13.7. The maximum Gasteiger partial charge on any atom is 0.269 e. The number of hydrogen-bond acceptors (Lipinski definition) is 4. The maximum atomic E-state index is 14.4. The number of rotatable bonds is 6. The SMILES string of the molecule is CCn1c(-c2c(F)cccc2F)c(-c2ccc(Cl)s2)cc(Cl)c1=O.CCn1c(-c2c(F)cccc2F)c(-c2ccc(Cl)s2)ccc1=O. The summed E-state index contributed by atoms with van der Waals surface area (Å²) >= 11 is 20.5. The number of nitrogens with zero attached hydrogens (tertiary/aromatic N) is 2. The molecule has 0 spiro atoms. The van der Waals surface area contributed by atoms with E-state index in [0.717, 1.165) is 17.0 Å². The van der Waals surface area contributed by atoms with Crippen LogP contribution in [-0.2, 0) is 13.1 Å². The smallest absolute Gasteiger partial charge is 0.269 e. The summed E-state index contributed by atoms with van der Waals surface area (Å²) in [6.07, 6.45) is 0. The zero-order valence-corrected chi connectivity index (χ0v) is 28.5. The molecular formula is C34H23Cl3F4N2O2S2. The van der Waals surface area contributed by atoms with Gasteiger partial charge in [0.15, 0.2) is 0 Å². The van der Waals surface area contributed by atoms with E-state index in [0.29, 0.717) is 31.2 Å². The third kappa shape index (κ3) is 6.98. The van der Waals surface area contributed by atoms with Gasteiger partial charge in [0.1, 0.15) is 28.3 Å². The van der Waals surface area contributed by atoms with Crippen LogP contribution in [0.5, 0.6) is 0 Å². The second kappa shape index (κ2) is 14.6. The van der Waals surface area contributed by atoms with E-state index in [9.17, 15) is 27.2 Å². The summed E-state index contributed by atoms with van der Waals surface area (Å²) < 4.78 is 61.1. The van der Waals surface area contributed by atoms with E-state index in [1.54, 1.807) is 44.2 Å². The Morgan fingerprint density at radius 3 is 1.47 bits per heavy atom. The molecule has 0 bridgehead atoms. The molecule has 4 nitrogen and oxygen atoms in total. The average molecular weight is 738 g/mol. The van der Waals surface area contributed by atoms with Gasteiger partial charge in [0, 0.05) is 40.0 Å². The van der Waals surface area contributed by atoms with Crippen LogP contribution in [0.1, 0.15) is 13.8 Å². The topological polar surface area (TPSA) is 44.0 Å². The quantitative estimate of drug-likeness (QED) is 0.160. The zero-order chi connectivity index (χ0) is 34.0. The van der Waals surface area contributed by atoms with Gasteiger partial charge >= 0.3 is 0 Å². The molecule has 6 rings (SSSR count). The Labute approximate surface area is 289 Å². The molecular weight excluding hydrogens is 715 g/mol. The van der Waals surface area contributed by atoms with Gasteiger partial charge in [-0.15, -0.1) is 22.7 Å². The Balaban J connectivity index is 0.000000185. The highest BCUT2D eigenvalue weighted by atomic mass is 35.5. The van der Waals surface area contributed by atoms with E-state index in [1.807, 2.05) is 0 Å². The van der Waals surface area contributed by atoms with Gasteiger partial charge in [0.2, 0.25) is 0 Å². The predicted molar refractivity (Wildman–Crippen MR) is 185 cm³/mol. The van der Waals surface area contributed by atoms with Crippen LogP contribution >= 0.6 is 57.5 Å². The minimum Gasteiger partial charge on any atom is -0.308 e. The summed E-state index contributed by atoms with van der Waals surface area (Å²) in [6.45, 7) is 3.99. The molecule has 0 unspecified atom stereocenters. The molecule has 0 atom stereocenters. The van der Waals surface area contributed by atoms with Gasteiger partial charge in [-0.3, -0.25) is 9.59 Å². The first-order chi connectivity index (χ1) is 22.5. The van der Waals surface area contributed by atoms with E-state index in [1.165, 1.54) is 68.2 Å². The Morgan fingerprint density at radius 2 is 1.04 bits per heavy atom. The van der Waals surface area contributed by atoms with Crippen molar-refractivity contribution in [2.24, 2.45) is 0 Å². The van der Waals surface area contributed by atoms with Crippen LogP contribution in [0.4, 0.5) is 17.6 Å². The first-order valence-corrected chi connectivity index (χ1v) is 16.8. The lowest BCUT2D eigenvalue weighted by atomic mass is 10.0. The van der Waals surface area contributed by atoms with Crippen molar-refractivity contribution in [2.45, 2.75) is 26.9 Å². The van der Waals surface area contributed by atoms with E-state index in [-0.39, 0.29) is 39.6 Å². The molecule has 0 aliphatic rings. The lowest BCUT2D eigenvalue weighted by Gasteiger charge is -2.17. The summed E-state index contributed by atoms with van der Waals surface area (Å²) in [5, 5.41) is -0.0168. The van der Waals surface area contributed by atoms with Crippen LogP contribution in [0.2, 0.25) is 13.7 Å². The van der Waals surface area contributed by atoms with Gasteiger partial charge in [-0.05, 0) is 74.5 Å². The van der Waals surface area contributed by atoms with Crippen LogP contribution in [-0.4, -0.2) is 9.13 Å². The van der Waals surface area contributed by atoms with Crippen molar-refractivity contribution in [3.05, 3.63) is 137 Å². The van der Waals surface area contributed by atoms with Gasteiger partial charge < -0.3 is 9.13 Å². The first kappa shape index (κ1) is 34.7. The van der Waals surface area contributed by atoms with Gasteiger partial charge in [0.05, 0.1) is 31.2 Å². The largest absolute Gasteiger partial charge is 0.308 e. The molecule has 0 saturated carbocycles. The summed E-state index contributed by atoms with van der Waals surface area (Å²) in [5.74, 6) is -2.91. The number of halogens is 7. The minimum absolute atomic E-state index is 0.0168. The molecule has 0 saturated heterocycles. The molecule has 0 aliphatic carbocycles. The highest BCUT2D eigenvalue weighted by molar-refractivity contribution is 7.19. The van der Waals surface area contributed by atoms with E-state index < -0.39 is 28.8 Å². The van der Waals surface area contributed by atoms with Crippen LogP contribution in [0.25, 0.3) is 43.4 Å². The molecule has 0 aliphatic heterocycles. The number of hydrogen-bond donors (Lipinski definition) is 0. The van der Waals surface area contributed by atoms with Crippen molar-refractivity contribution in [1.82, 2.24) is 9.13 Å². The van der Waals surface area contributed by atoms with Crippen molar-refractivity contribution in [3.63, 3.8) is 0 Å². The molecule has 2 aromatic carbocycles. The van der Waals surface area contributed by atoms with Gasteiger partial charge in [0.25, 0.3) is 11.1 Å². The van der Waals surface area contributed by atoms with Crippen LogP contribution < -0.4 is 11.1 Å². The fraction of sp³-hybridized carbons (Fsp3) is 0.118. The van der Waals surface area contributed by atoms with Crippen LogP contribution in [0.15, 0.2) is 88.5 Å². The molecule has 13 heteroatoms. The summed E-state index contributed by atoms with van der Waals surface area (Å²) in [6, 6.07) is 18.6. The monoisotopic (exact) mass is 736 g/mol. The molecule has 0 amide bonds. The number of pyridine rings is 2. The third-order valence-corrected chi connectivity index (χ3v) is 9.94. The molecule has 4 heterocycles. The van der Waals surface area contributed by atoms with Gasteiger partial charge in [-0.1, -0.05) is 46.9 Å². The molecule has 0 radical (unpaired) electrons. The average Bonchev–Trinajstić information content (AvgIpc) is 3.67. The second-order valence-electron chi connectivity index (χ2n) is 9.88. The third-order valence-electron chi connectivity index (χ3n) is 7.14. The molecule has 242 valence electrons. The zero-order valence-electron chi connectivity index (χ0n) is 24.6. The van der Waals surface area contributed by atoms with Gasteiger partial charge in [-0.25, -0.2) is 17.6 Å². The van der Waals surface area contributed by atoms with Crippen LogP contribution in [0, 0.1) is 23.3 Å².